The Labute approximate surface area is 107 Å². The van der Waals surface area contributed by atoms with Gasteiger partial charge in [0.1, 0.15) is 5.82 Å². The van der Waals surface area contributed by atoms with Crippen molar-refractivity contribution in [2.24, 2.45) is 0 Å². The van der Waals surface area contributed by atoms with Gasteiger partial charge in [-0.2, -0.15) is 4.98 Å². The summed E-state index contributed by atoms with van der Waals surface area (Å²) in [7, 11) is 0. The molecule has 3 heterocycles. The molecule has 0 radical (unpaired) electrons. The van der Waals surface area contributed by atoms with Crippen molar-refractivity contribution >= 4 is 5.82 Å². The molecule has 0 aromatic carbocycles. The Morgan fingerprint density at radius 2 is 2.06 bits per heavy atom. The van der Waals surface area contributed by atoms with Crippen molar-refractivity contribution in [2.75, 3.05) is 31.5 Å². The summed E-state index contributed by atoms with van der Waals surface area (Å²) in [6.45, 7) is 4.36. The van der Waals surface area contributed by atoms with Gasteiger partial charge >= 0.3 is 5.69 Å². The highest BCUT2D eigenvalue weighted by molar-refractivity contribution is 5.50. The van der Waals surface area contributed by atoms with E-state index < -0.39 is 0 Å². The number of rotatable bonds is 3. The third-order valence-corrected chi connectivity index (χ3v) is 3.92. The summed E-state index contributed by atoms with van der Waals surface area (Å²) in [5.41, 5.74) is 2.07. The summed E-state index contributed by atoms with van der Waals surface area (Å²) in [5.74, 6) is 0.799. The van der Waals surface area contributed by atoms with Gasteiger partial charge in [0.05, 0.1) is 0 Å². The quantitative estimate of drug-likeness (QED) is 0.829. The summed E-state index contributed by atoms with van der Waals surface area (Å²) < 4.78 is 0. The molecular formula is C13H20N4O. The van der Waals surface area contributed by atoms with E-state index in [2.05, 4.69) is 20.2 Å². The minimum atomic E-state index is -0.225. The Hall–Kier alpha value is -1.36. The first-order valence-electron chi connectivity index (χ1n) is 6.91. The van der Waals surface area contributed by atoms with Crippen molar-refractivity contribution in [1.29, 1.82) is 0 Å². The summed E-state index contributed by atoms with van der Waals surface area (Å²) in [6, 6.07) is 0. The first-order valence-corrected chi connectivity index (χ1v) is 6.91. The van der Waals surface area contributed by atoms with Crippen LogP contribution in [0.5, 0.6) is 0 Å². The predicted octanol–water partition coefficient (Wildman–Crippen LogP) is 0.766. The van der Waals surface area contributed by atoms with E-state index >= 15 is 0 Å². The number of likely N-dealkylation sites (tertiary alicyclic amines) is 1. The van der Waals surface area contributed by atoms with Gasteiger partial charge in [-0.1, -0.05) is 6.42 Å². The highest BCUT2D eigenvalue weighted by Crippen LogP contribution is 2.20. The smallest absolute Gasteiger partial charge is 0.347 e. The third-order valence-electron chi connectivity index (χ3n) is 3.92. The van der Waals surface area contributed by atoms with Crippen molar-refractivity contribution in [3.8, 4) is 0 Å². The second-order valence-electron chi connectivity index (χ2n) is 5.18. The fraction of sp³-hybridized carbons (Fsp3) is 0.692. The number of aromatic amines is 1. The zero-order valence-electron chi connectivity index (χ0n) is 10.7. The summed E-state index contributed by atoms with van der Waals surface area (Å²) in [4.78, 5) is 20.9. The molecule has 0 atom stereocenters. The molecule has 0 aliphatic carbocycles. The Morgan fingerprint density at radius 3 is 2.89 bits per heavy atom. The van der Waals surface area contributed by atoms with E-state index in [0.29, 0.717) is 0 Å². The lowest BCUT2D eigenvalue weighted by atomic mass is 10.1. The number of hydrogen-bond donors (Lipinski definition) is 2. The van der Waals surface area contributed by atoms with Crippen molar-refractivity contribution in [3.05, 3.63) is 21.7 Å². The van der Waals surface area contributed by atoms with E-state index in [9.17, 15) is 4.79 Å². The predicted molar refractivity (Wildman–Crippen MR) is 71.0 cm³/mol. The van der Waals surface area contributed by atoms with Crippen molar-refractivity contribution in [2.45, 2.75) is 32.1 Å². The lowest BCUT2D eigenvalue weighted by Crippen LogP contribution is -2.32. The largest absolute Gasteiger partial charge is 0.369 e. The Balaban J connectivity index is 1.70. The van der Waals surface area contributed by atoms with Gasteiger partial charge in [-0.3, -0.25) is 0 Å². The van der Waals surface area contributed by atoms with Crippen molar-refractivity contribution in [1.82, 2.24) is 14.9 Å². The Bertz CT molecular complexity index is 476. The molecule has 3 rings (SSSR count). The van der Waals surface area contributed by atoms with Crippen LogP contribution < -0.4 is 11.0 Å². The number of H-pyrrole nitrogens is 1. The van der Waals surface area contributed by atoms with Crippen LogP contribution in [-0.4, -0.2) is 41.0 Å². The number of nitrogens with one attached hydrogen (secondary N) is 2. The van der Waals surface area contributed by atoms with Gasteiger partial charge in [-0.15, -0.1) is 0 Å². The number of piperidine rings is 1. The van der Waals surface area contributed by atoms with E-state index in [0.717, 1.165) is 37.4 Å². The average Bonchev–Trinajstić information content (AvgIpc) is 2.85. The molecule has 5 heteroatoms. The summed E-state index contributed by atoms with van der Waals surface area (Å²) in [5, 5.41) is 3.17. The lowest BCUT2D eigenvalue weighted by molar-refractivity contribution is 0.230. The van der Waals surface area contributed by atoms with Gasteiger partial charge in [0, 0.05) is 30.8 Å². The zero-order chi connectivity index (χ0) is 12.4. The van der Waals surface area contributed by atoms with Crippen LogP contribution in [0.3, 0.4) is 0 Å². The standard InChI is InChI=1S/C13H20N4O/c18-13-15-11(10-4-6-14-12(10)16-13)5-9-17-7-2-1-3-8-17/h1-9H2,(H2,14,15,16,18). The van der Waals surface area contributed by atoms with Crippen molar-refractivity contribution < 1.29 is 0 Å². The molecule has 1 aromatic rings. The van der Waals surface area contributed by atoms with Crippen LogP contribution in [0.4, 0.5) is 5.82 Å². The van der Waals surface area contributed by atoms with Gasteiger partial charge in [-0.25, -0.2) is 4.79 Å². The maximum absolute atomic E-state index is 11.5. The van der Waals surface area contributed by atoms with E-state index in [4.69, 9.17) is 0 Å². The number of nitrogens with zero attached hydrogens (tertiary/aromatic N) is 2. The maximum Gasteiger partial charge on any atom is 0.347 e. The van der Waals surface area contributed by atoms with Crippen LogP contribution in [0, 0.1) is 0 Å². The van der Waals surface area contributed by atoms with E-state index in [1.807, 2.05) is 0 Å². The molecule has 2 aliphatic rings. The van der Waals surface area contributed by atoms with Crippen LogP contribution in [0.25, 0.3) is 0 Å². The summed E-state index contributed by atoms with van der Waals surface area (Å²) >= 11 is 0. The molecule has 0 spiro atoms. The average molecular weight is 248 g/mol. The molecule has 1 saturated heterocycles. The monoisotopic (exact) mass is 248 g/mol. The number of anilines is 1. The minimum Gasteiger partial charge on any atom is -0.369 e. The van der Waals surface area contributed by atoms with E-state index in [1.165, 1.54) is 37.9 Å². The van der Waals surface area contributed by atoms with Crippen LogP contribution in [0.15, 0.2) is 4.79 Å². The molecule has 1 aromatic heterocycles. The molecule has 1 fully saturated rings. The highest BCUT2D eigenvalue weighted by atomic mass is 16.1. The van der Waals surface area contributed by atoms with Crippen LogP contribution in [0.1, 0.15) is 30.5 Å². The molecule has 0 unspecified atom stereocenters. The molecule has 0 bridgehead atoms. The van der Waals surface area contributed by atoms with Gasteiger partial charge in [-0.05, 0) is 32.4 Å². The second kappa shape index (κ2) is 5.10. The number of aromatic nitrogens is 2. The fourth-order valence-corrected chi connectivity index (χ4v) is 2.93. The molecule has 5 nitrogen and oxygen atoms in total. The van der Waals surface area contributed by atoms with E-state index in [-0.39, 0.29) is 5.69 Å². The van der Waals surface area contributed by atoms with E-state index in [1.54, 1.807) is 0 Å². The summed E-state index contributed by atoms with van der Waals surface area (Å²) in [6.07, 6.45) is 5.90. The first-order chi connectivity index (χ1) is 8.83. The topological polar surface area (TPSA) is 61.0 Å². The zero-order valence-corrected chi connectivity index (χ0v) is 10.7. The molecule has 0 saturated carbocycles. The minimum absolute atomic E-state index is 0.225. The normalized spacial score (nSPS) is 19.6. The van der Waals surface area contributed by atoms with Crippen LogP contribution >= 0.6 is 0 Å². The molecule has 98 valence electrons. The SMILES string of the molecule is O=c1nc2c(c(CCN3CCCCC3)[nH]1)CCN2. The van der Waals surface area contributed by atoms with Gasteiger partial charge in [0.15, 0.2) is 0 Å². The Morgan fingerprint density at radius 1 is 1.22 bits per heavy atom. The third kappa shape index (κ3) is 2.41. The van der Waals surface area contributed by atoms with Crippen molar-refractivity contribution in [3.63, 3.8) is 0 Å². The first kappa shape index (κ1) is 11.7. The van der Waals surface area contributed by atoms with Gasteiger partial charge in [0.2, 0.25) is 0 Å². The second-order valence-corrected chi connectivity index (χ2v) is 5.18. The van der Waals surface area contributed by atoms with Gasteiger partial charge in [0.25, 0.3) is 0 Å². The maximum atomic E-state index is 11.5. The Kier molecular flexibility index (Phi) is 3.32. The van der Waals surface area contributed by atoms with Crippen LogP contribution in [0.2, 0.25) is 0 Å². The van der Waals surface area contributed by atoms with Crippen LogP contribution in [-0.2, 0) is 12.8 Å². The molecule has 0 amide bonds. The molecule has 2 aliphatic heterocycles. The molecule has 2 N–H and O–H groups in total. The highest BCUT2D eigenvalue weighted by Gasteiger charge is 2.18. The number of hydrogen-bond acceptors (Lipinski definition) is 4. The fourth-order valence-electron chi connectivity index (χ4n) is 2.93. The molecular weight excluding hydrogens is 228 g/mol. The van der Waals surface area contributed by atoms with Gasteiger partial charge < -0.3 is 15.2 Å². The molecule has 18 heavy (non-hydrogen) atoms. The lowest BCUT2D eigenvalue weighted by Gasteiger charge is -2.26. The number of fused-ring (bicyclic) bond motifs is 1.